The van der Waals surface area contributed by atoms with Crippen LogP contribution >= 0.6 is 0 Å². The van der Waals surface area contributed by atoms with Gasteiger partial charge < -0.3 is 14.8 Å². The first-order valence-corrected chi connectivity index (χ1v) is 8.84. The van der Waals surface area contributed by atoms with Crippen molar-refractivity contribution in [1.29, 1.82) is 0 Å². The van der Waals surface area contributed by atoms with Gasteiger partial charge in [0.25, 0.3) is 0 Å². The van der Waals surface area contributed by atoms with E-state index in [0.29, 0.717) is 23.7 Å². The van der Waals surface area contributed by atoms with E-state index in [1.54, 1.807) is 20.3 Å². The van der Waals surface area contributed by atoms with E-state index in [0.717, 1.165) is 22.4 Å². The van der Waals surface area contributed by atoms with Crippen LogP contribution in [-0.2, 0) is 11.2 Å². The minimum Gasteiger partial charge on any atom is -0.497 e. The summed E-state index contributed by atoms with van der Waals surface area (Å²) in [6.07, 6.45) is 0.351. The van der Waals surface area contributed by atoms with Gasteiger partial charge in [0.05, 0.1) is 14.2 Å². The van der Waals surface area contributed by atoms with Crippen LogP contribution in [0, 0.1) is 13.8 Å². The van der Waals surface area contributed by atoms with Crippen molar-refractivity contribution in [1.82, 2.24) is 20.6 Å². The first-order valence-electron chi connectivity index (χ1n) is 8.84. The van der Waals surface area contributed by atoms with Crippen molar-refractivity contribution in [3.63, 3.8) is 0 Å². The number of nitrogens with zero attached hydrogens (tertiary/aromatic N) is 3. The number of hydrogen-bond donors (Lipinski definition) is 2. The number of hydrogen-bond acceptors (Lipinski definition) is 6. The molecule has 0 bridgehead atoms. The number of aromatic amines is 1. The zero-order valence-corrected chi connectivity index (χ0v) is 16.3. The zero-order valence-electron chi connectivity index (χ0n) is 16.3. The average molecular weight is 381 g/mol. The van der Waals surface area contributed by atoms with Gasteiger partial charge in [-0.25, -0.2) is 0 Å². The fourth-order valence-electron chi connectivity index (χ4n) is 2.91. The Morgan fingerprint density at radius 1 is 1.11 bits per heavy atom. The molecule has 28 heavy (non-hydrogen) atoms. The maximum atomic E-state index is 13.0. The number of methoxy groups -OCH3 is 2. The molecule has 0 aliphatic rings. The Balaban J connectivity index is 1.87. The molecule has 8 nitrogen and oxygen atoms in total. The predicted molar refractivity (Wildman–Crippen MR) is 105 cm³/mol. The van der Waals surface area contributed by atoms with Gasteiger partial charge in [0, 0.05) is 11.8 Å². The summed E-state index contributed by atoms with van der Waals surface area (Å²) in [5.41, 5.74) is 3.83. The molecule has 0 unspecified atom stereocenters. The smallest absolute Gasteiger partial charge is 0.235 e. The number of carbonyl (C=O) groups is 1. The van der Waals surface area contributed by atoms with Gasteiger partial charge in [0.15, 0.2) is 5.82 Å². The molecule has 146 valence electrons. The molecule has 3 rings (SSSR count). The molecule has 8 heteroatoms. The quantitative estimate of drug-likeness (QED) is 0.652. The second kappa shape index (κ2) is 8.51. The molecule has 1 amide bonds. The van der Waals surface area contributed by atoms with Crippen LogP contribution in [0.3, 0.4) is 0 Å². The molecule has 2 N–H and O–H groups in total. The fourth-order valence-corrected chi connectivity index (χ4v) is 2.91. The largest absolute Gasteiger partial charge is 0.497 e. The Morgan fingerprint density at radius 3 is 2.57 bits per heavy atom. The van der Waals surface area contributed by atoms with Crippen LogP contribution in [0.25, 0.3) is 0 Å². The van der Waals surface area contributed by atoms with E-state index in [2.05, 4.69) is 25.9 Å². The summed E-state index contributed by atoms with van der Waals surface area (Å²) < 4.78 is 10.7. The van der Waals surface area contributed by atoms with Gasteiger partial charge in [-0.15, -0.1) is 10.2 Å². The van der Waals surface area contributed by atoms with Gasteiger partial charge in [-0.3, -0.25) is 4.79 Å². The second-order valence-corrected chi connectivity index (χ2v) is 6.49. The number of nitrogens with one attached hydrogen (secondary N) is 2. The van der Waals surface area contributed by atoms with Crippen molar-refractivity contribution in [3.05, 3.63) is 58.9 Å². The lowest BCUT2D eigenvalue weighted by Gasteiger charge is -2.16. The van der Waals surface area contributed by atoms with E-state index >= 15 is 0 Å². The third kappa shape index (κ3) is 4.28. The lowest BCUT2D eigenvalue weighted by molar-refractivity contribution is -0.117. The molecule has 0 fully saturated rings. The highest BCUT2D eigenvalue weighted by Crippen LogP contribution is 2.29. The van der Waals surface area contributed by atoms with Gasteiger partial charge in [-0.2, -0.15) is 5.21 Å². The molecule has 0 aliphatic carbocycles. The second-order valence-electron chi connectivity index (χ2n) is 6.49. The monoisotopic (exact) mass is 381 g/mol. The SMILES string of the molecule is COc1ccc(C[C@@H](C(=O)Nc2ccc(C)c(C)c2)c2nn[nH]n2)c(OC)c1. The zero-order chi connectivity index (χ0) is 20.1. The van der Waals surface area contributed by atoms with Crippen molar-refractivity contribution in [2.24, 2.45) is 0 Å². The number of amides is 1. The van der Waals surface area contributed by atoms with Crippen LogP contribution in [0.15, 0.2) is 36.4 Å². The molecule has 3 aromatic rings. The fraction of sp³-hybridized carbons (Fsp3) is 0.300. The van der Waals surface area contributed by atoms with Gasteiger partial charge in [-0.05, 0) is 55.2 Å². The highest BCUT2D eigenvalue weighted by Gasteiger charge is 2.27. The summed E-state index contributed by atoms with van der Waals surface area (Å²) in [5.74, 6) is 0.771. The number of H-pyrrole nitrogens is 1. The maximum Gasteiger partial charge on any atom is 0.235 e. The summed E-state index contributed by atoms with van der Waals surface area (Å²) >= 11 is 0. The lowest BCUT2D eigenvalue weighted by Crippen LogP contribution is -2.24. The van der Waals surface area contributed by atoms with Gasteiger partial charge >= 0.3 is 0 Å². The number of aryl methyl sites for hydroxylation is 2. The molecule has 1 atom stereocenters. The van der Waals surface area contributed by atoms with Crippen molar-refractivity contribution < 1.29 is 14.3 Å². The number of benzene rings is 2. The predicted octanol–water partition coefficient (Wildman–Crippen LogP) is 2.80. The van der Waals surface area contributed by atoms with Crippen LogP contribution in [0.4, 0.5) is 5.69 Å². The normalized spacial score (nSPS) is 11.7. The van der Waals surface area contributed by atoms with Crippen LogP contribution in [0.2, 0.25) is 0 Å². The lowest BCUT2D eigenvalue weighted by atomic mass is 9.96. The van der Waals surface area contributed by atoms with E-state index in [9.17, 15) is 4.79 Å². The first-order chi connectivity index (χ1) is 13.5. The standard InChI is InChI=1S/C20H23N5O3/c1-12-5-7-15(9-13(12)2)21-20(26)17(19-22-24-25-23-19)10-14-6-8-16(27-3)11-18(14)28-4/h5-9,11,17H,10H2,1-4H3,(H,21,26)(H,22,23,24,25)/t17-/m1/s1. The molecule has 0 saturated heterocycles. The Bertz CT molecular complexity index is 956. The van der Waals surface area contributed by atoms with Crippen molar-refractivity contribution in [2.75, 3.05) is 19.5 Å². The molecule has 1 aromatic heterocycles. The average Bonchev–Trinajstić information content (AvgIpc) is 3.23. The topological polar surface area (TPSA) is 102 Å². The third-order valence-corrected chi connectivity index (χ3v) is 4.68. The van der Waals surface area contributed by atoms with Crippen LogP contribution in [-0.4, -0.2) is 40.8 Å². The Labute approximate surface area is 163 Å². The molecular weight excluding hydrogens is 358 g/mol. The van der Waals surface area contributed by atoms with Gasteiger partial charge in [0.2, 0.25) is 5.91 Å². The maximum absolute atomic E-state index is 13.0. The molecule has 0 saturated carbocycles. The molecule has 0 spiro atoms. The molecule has 0 radical (unpaired) electrons. The number of tetrazole rings is 1. The number of aromatic nitrogens is 4. The number of carbonyl (C=O) groups excluding carboxylic acids is 1. The summed E-state index contributed by atoms with van der Waals surface area (Å²) in [7, 11) is 3.17. The van der Waals surface area contributed by atoms with E-state index in [4.69, 9.17) is 9.47 Å². The highest BCUT2D eigenvalue weighted by atomic mass is 16.5. The molecule has 2 aromatic carbocycles. The Kier molecular flexibility index (Phi) is 5.88. The van der Waals surface area contributed by atoms with Crippen LogP contribution < -0.4 is 14.8 Å². The number of rotatable bonds is 7. The molecule has 0 aliphatic heterocycles. The van der Waals surface area contributed by atoms with Crippen molar-refractivity contribution >= 4 is 11.6 Å². The van der Waals surface area contributed by atoms with Crippen LogP contribution in [0.5, 0.6) is 11.5 Å². The Hall–Kier alpha value is -3.42. The number of ether oxygens (including phenoxy) is 2. The summed E-state index contributed by atoms with van der Waals surface area (Å²) in [4.78, 5) is 13.0. The van der Waals surface area contributed by atoms with E-state index < -0.39 is 5.92 Å². The van der Waals surface area contributed by atoms with E-state index in [-0.39, 0.29) is 5.91 Å². The highest BCUT2D eigenvalue weighted by molar-refractivity contribution is 5.95. The van der Waals surface area contributed by atoms with E-state index in [1.165, 1.54) is 0 Å². The first kappa shape index (κ1) is 19.3. The number of anilines is 1. The van der Waals surface area contributed by atoms with Gasteiger partial charge in [0.1, 0.15) is 17.4 Å². The third-order valence-electron chi connectivity index (χ3n) is 4.68. The van der Waals surface area contributed by atoms with E-state index in [1.807, 2.05) is 44.2 Å². The molecular formula is C20H23N5O3. The minimum absolute atomic E-state index is 0.220. The molecule has 1 heterocycles. The van der Waals surface area contributed by atoms with Crippen LogP contribution in [0.1, 0.15) is 28.4 Å². The van der Waals surface area contributed by atoms with Gasteiger partial charge in [-0.1, -0.05) is 17.3 Å². The summed E-state index contributed by atoms with van der Waals surface area (Å²) in [6.45, 7) is 4.03. The minimum atomic E-state index is -0.636. The van der Waals surface area contributed by atoms with Crippen molar-refractivity contribution in [3.8, 4) is 11.5 Å². The summed E-state index contributed by atoms with van der Waals surface area (Å²) in [6, 6.07) is 11.3. The Morgan fingerprint density at radius 2 is 1.93 bits per heavy atom. The van der Waals surface area contributed by atoms with Crippen molar-refractivity contribution in [2.45, 2.75) is 26.2 Å². The summed E-state index contributed by atoms with van der Waals surface area (Å²) in [5, 5.41) is 17.0.